The van der Waals surface area contributed by atoms with E-state index in [2.05, 4.69) is 20.5 Å². The maximum Gasteiger partial charge on any atom is 0.417 e. The number of anilines is 1. The lowest BCUT2D eigenvalue weighted by atomic mass is 9.96. The van der Waals surface area contributed by atoms with E-state index in [1.165, 1.54) is 16.9 Å². The van der Waals surface area contributed by atoms with Gasteiger partial charge in [0.05, 0.1) is 22.8 Å². The van der Waals surface area contributed by atoms with Crippen molar-refractivity contribution in [3.05, 3.63) is 41.9 Å². The number of nitrogens with one attached hydrogen (secondary N) is 1. The number of nitrogens with zero attached hydrogens (tertiary/aromatic N) is 4. The molecule has 1 aromatic carbocycles. The molecule has 0 aliphatic heterocycles. The summed E-state index contributed by atoms with van der Waals surface area (Å²) in [4.78, 5) is 3.97. The van der Waals surface area contributed by atoms with Gasteiger partial charge in [-0.3, -0.25) is 4.40 Å². The average molecular weight is 429 g/mol. The number of alkyl halides is 6. The molecule has 1 N–H and O–H groups in total. The van der Waals surface area contributed by atoms with Gasteiger partial charge in [-0.05, 0) is 25.0 Å². The van der Waals surface area contributed by atoms with E-state index in [4.69, 9.17) is 0 Å². The van der Waals surface area contributed by atoms with E-state index in [1.807, 2.05) is 0 Å². The molecule has 2 aromatic heterocycles. The second kappa shape index (κ2) is 7.44. The zero-order valence-corrected chi connectivity index (χ0v) is 15.6. The summed E-state index contributed by atoms with van der Waals surface area (Å²) in [6, 6.07) is 1.64. The van der Waals surface area contributed by atoms with Crippen LogP contribution >= 0.6 is 0 Å². The van der Waals surface area contributed by atoms with Crippen LogP contribution in [0.1, 0.15) is 43.2 Å². The second-order valence-corrected chi connectivity index (χ2v) is 7.26. The molecule has 1 aliphatic rings. The van der Waals surface area contributed by atoms with Crippen molar-refractivity contribution in [1.82, 2.24) is 19.6 Å². The van der Waals surface area contributed by atoms with Crippen LogP contribution in [-0.2, 0) is 12.4 Å². The van der Waals surface area contributed by atoms with Crippen LogP contribution in [-0.4, -0.2) is 25.6 Å². The first kappa shape index (κ1) is 20.4. The number of rotatable bonds is 3. The molecule has 11 heteroatoms. The van der Waals surface area contributed by atoms with Gasteiger partial charge in [0, 0.05) is 11.6 Å². The molecule has 0 radical (unpaired) electrons. The van der Waals surface area contributed by atoms with Crippen molar-refractivity contribution in [1.29, 1.82) is 0 Å². The van der Waals surface area contributed by atoms with Crippen LogP contribution in [0.25, 0.3) is 16.8 Å². The van der Waals surface area contributed by atoms with Gasteiger partial charge in [0.15, 0.2) is 0 Å². The number of hydrogen-bond donors (Lipinski definition) is 1. The number of fused-ring (bicyclic) bond motifs is 1. The van der Waals surface area contributed by atoms with Crippen LogP contribution in [0.4, 0.5) is 32.3 Å². The molecule has 0 unspecified atom stereocenters. The third kappa shape index (κ3) is 3.92. The Labute approximate surface area is 167 Å². The smallest absolute Gasteiger partial charge is 0.351 e. The highest BCUT2D eigenvalue weighted by molar-refractivity contribution is 5.79. The number of halogens is 6. The Morgan fingerprint density at radius 2 is 1.67 bits per heavy atom. The number of imidazole rings is 1. The first-order valence-electron chi connectivity index (χ1n) is 9.38. The molecule has 4 rings (SSSR count). The molecule has 5 nitrogen and oxygen atoms in total. The largest absolute Gasteiger partial charge is 0.417 e. The van der Waals surface area contributed by atoms with E-state index in [9.17, 15) is 26.3 Å². The average Bonchev–Trinajstić information content (AvgIpc) is 3.18. The quantitative estimate of drug-likeness (QED) is 0.553. The molecule has 0 spiro atoms. The van der Waals surface area contributed by atoms with Gasteiger partial charge in [0.2, 0.25) is 5.95 Å². The van der Waals surface area contributed by atoms with E-state index in [1.54, 1.807) is 0 Å². The highest BCUT2D eigenvalue weighted by Gasteiger charge is 2.39. The zero-order chi connectivity index (χ0) is 21.5. The summed E-state index contributed by atoms with van der Waals surface area (Å²) in [5.74, 6) is 0.332. The molecule has 160 valence electrons. The summed E-state index contributed by atoms with van der Waals surface area (Å²) in [7, 11) is 0. The lowest BCUT2D eigenvalue weighted by Crippen LogP contribution is -2.24. The molecule has 30 heavy (non-hydrogen) atoms. The van der Waals surface area contributed by atoms with Crippen LogP contribution in [0, 0.1) is 0 Å². The molecule has 1 fully saturated rings. The van der Waals surface area contributed by atoms with Crippen molar-refractivity contribution in [2.24, 2.45) is 0 Å². The number of hydrogen-bond acceptors (Lipinski definition) is 4. The minimum absolute atomic E-state index is 0.0953. The predicted octanol–water partition coefficient (Wildman–Crippen LogP) is 5.57. The minimum atomic E-state index is -5.01. The van der Waals surface area contributed by atoms with E-state index >= 15 is 0 Å². The van der Waals surface area contributed by atoms with Gasteiger partial charge in [-0.15, -0.1) is 10.2 Å². The third-order valence-corrected chi connectivity index (χ3v) is 5.20. The van der Waals surface area contributed by atoms with Crippen LogP contribution in [0.3, 0.4) is 0 Å². The standard InChI is InChI=1S/C19H17F6N5/c20-18(21,22)11-6-7-13(14(8-11)19(23,24)25)16-15-9-26-10-30(15)17(29-28-16)27-12-4-2-1-3-5-12/h6-10,12H,1-5H2,(H,27,29). The first-order valence-corrected chi connectivity index (χ1v) is 9.38. The molecular formula is C19H17F6N5. The fraction of sp³-hybridized carbons (Fsp3) is 0.421. The first-order chi connectivity index (χ1) is 14.1. The SMILES string of the molecule is FC(F)(F)c1ccc(-c2nnc(NC3CCCCC3)n3cncc23)c(C(F)(F)F)c1. The normalized spacial score (nSPS) is 16.2. The Morgan fingerprint density at radius 1 is 0.933 bits per heavy atom. The van der Waals surface area contributed by atoms with Crippen molar-refractivity contribution in [3.63, 3.8) is 0 Å². The van der Waals surface area contributed by atoms with Gasteiger partial charge in [0.1, 0.15) is 12.0 Å². The summed E-state index contributed by atoms with van der Waals surface area (Å²) in [5, 5.41) is 11.2. The van der Waals surface area contributed by atoms with Crippen LogP contribution in [0.15, 0.2) is 30.7 Å². The topological polar surface area (TPSA) is 55.1 Å². The van der Waals surface area contributed by atoms with Crippen LogP contribution < -0.4 is 5.32 Å². The van der Waals surface area contributed by atoms with Gasteiger partial charge in [-0.25, -0.2) is 4.98 Å². The fourth-order valence-corrected chi connectivity index (χ4v) is 3.72. The van der Waals surface area contributed by atoms with Crippen LogP contribution in [0.5, 0.6) is 0 Å². The molecule has 1 saturated carbocycles. The number of benzene rings is 1. The lowest BCUT2D eigenvalue weighted by Gasteiger charge is -2.23. The van der Waals surface area contributed by atoms with E-state index in [0.717, 1.165) is 38.2 Å². The highest BCUT2D eigenvalue weighted by atomic mass is 19.4. The van der Waals surface area contributed by atoms with Crippen molar-refractivity contribution in [2.75, 3.05) is 5.32 Å². The predicted molar refractivity (Wildman–Crippen MR) is 96.7 cm³/mol. The van der Waals surface area contributed by atoms with Crippen molar-refractivity contribution >= 4 is 11.5 Å². The van der Waals surface area contributed by atoms with Gasteiger partial charge < -0.3 is 5.32 Å². The van der Waals surface area contributed by atoms with E-state index < -0.39 is 29.0 Å². The van der Waals surface area contributed by atoms with Gasteiger partial charge >= 0.3 is 12.4 Å². The minimum Gasteiger partial charge on any atom is -0.351 e. The van der Waals surface area contributed by atoms with Crippen molar-refractivity contribution in [2.45, 2.75) is 50.5 Å². The monoisotopic (exact) mass is 429 g/mol. The zero-order valence-electron chi connectivity index (χ0n) is 15.6. The molecule has 0 atom stereocenters. The van der Waals surface area contributed by atoms with Crippen molar-refractivity contribution < 1.29 is 26.3 Å². The molecule has 0 saturated heterocycles. The maximum absolute atomic E-state index is 13.6. The van der Waals surface area contributed by atoms with Gasteiger partial charge in [-0.2, -0.15) is 26.3 Å². The molecular weight excluding hydrogens is 412 g/mol. The highest BCUT2D eigenvalue weighted by Crippen LogP contribution is 2.41. The molecule has 0 bridgehead atoms. The summed E-state index contributed by atoms with van der Waals surface area (Å²) >= 11 is 0. The van der Waals surface area contributed by atoms with Crippen LogP contribution in [0.2, 0.25) is 0 Å². The maximum atomic E-state index is 13.6. The Hall–Kier alpha value is -2.85. The molecule has 1 aliphatic carbocycles. The Bertz CT molecular complexity index is 1050. The summed E-state index contributed by atoms with van der Waals surface area (Å²) < 4.78 is 81.0. The lowest BCUT2D eigenvalue weighted by molar-refractivity contribution is -0.142. The Balaban J connectivity index is 1.80. The van der Waals surface area contributed by atoms with Gasteiger partial charge in [-0.1, -0.05) is 25.3 Å². The van der Waals surface area contributed by atoms with Crippen molar-refractivity contribution in [3.8, 4) is 11.3 Å². The summed E-state index contributed by atoms with van der Waals surface area (Å²) in [6.45, 7) is 0. The Kier molecular flexibility index (Phi) is 5.07. The molecule has 3 aromatic rings. The second-order valence-electron chi connectivity index (χ2n) is 7.26. The third-order valence-electron chi connectivity index (χ3n) is 5.20. The summed E-state index contributed by atoms with van der Waals surface area (Å²) in [6.07, 6.45) is -2.04. The Morgan fingerprint density at radius 3 is 2.33 bits per heavy atom. The number of aromatic nitrogens is 4. The van der Waals surface area contributed by atoms with E-state index in [0.29, 0.717) is 12.0 Å². The molecule has 0 amide bonds. The van der Waals surface area contributed by atoms with Gasteiger partial charge in [0.25, 0.3) is 0 Å². The summed E-state index contributed by atoms with van der Waals surface area (Å²) in [5.41, 5.74) is -3.27. The molecule has 2 heterocycles. The van der Waals surface area contributed by atoms with E-state index in [-0.39, 0.29) is 23.3 Å². The fourth-order valence-electron chi connectivity index (χ4n) is 3.72.